The highest BCUT2D eigenvalue weighted by Crippen LogP contribution is 2.24. The van der Waals surface area contributed by atoms with E-state index in [4.69, 9.17) is 4.74 Å². The fraction of sp³-hybridized carbons (Fsp3) is 0.533. The van der Waals surface area contributed by atoms with Crippen molar-refractivity contribution < 1.29 is 9.53 Å². The van der Waals surface area contributed by atoms with Gasteiger partial charge in [-0.15, -0.1) is 0 Å². The number of fused-ring (bicyclic) bond motifs is 1. The summed E-state index contributed by atoms with van der Waals surface area (Å²) in [7, 11) is 0. The Hall–Kier alpha value is -1.55. The van der Waals surface area contributed by atoms with E-state index in [1.165, 1.54) is 5.56 Å². The lowest BCUT2D eigenvalue weighted by atomic mass is 10.1. The number of benzene rings is 1. The van der Waals surface area contributed by atoms with Crippen LogP contribution in [-0.2, 0) is 16.0 Å². The average molecular weight is 262 g/mol. The molecule has 0 radical (unpaired) electrons. The van der Waals surface area contributed by atoms with Crippen molar-refractivity contribution >= 4 is 11.6 Å². The molecule has 2 N–H and O–H groups in total. The highest BCUT2D eigenvalue weighted by atomic mass is 16.5. The maximum Gasteiger partial charge on any atom is 0.242 e. The SMILES string of the molecule is CCCCOCCNC(=O)[C@@H]1Cc2ccccc2N1. The van der Waals surface area contributed by atoms with Gasteiger partial charge in [-0.2, -0.15) is 0 Å². The Kier molecular flexibility index (Phi) is 5.21. The Morgan fingerprint density at radius 1 is 1.42 bits per heavy atom. The highest BCUT2D eigenvalue weighted by molar-refractivity contribution is 5.87. The minimum atomic E-state index is -0.145. The quantitative estimate of drug-likeness (QED) is 0.739. The standard InChI is InChI=1S/C15H22N2O2/c1-2-3-9-19-10-8-16-15(18)14-11-12-6-4-5-7-13(12)17-14/h4-7,14,17H,2-3,8-11H2,1H3,(H,16,18)/t14-/m0/s1. The molecule has 0 aromatic heterocycles. The Labute approximate surface area is 114 Å². The number of nitrogens with one attached hydrogen (secondary N) is 2. The molecule has 4 heteroatoms. The van der Waals surface area contributed by atoms with Crippen LogP contribution in [0.4, 0.5) is 5.69 Å². The van der Waals surface area contributed by atoms with Crippen LogP contribution in [0.5, 0.6) is 0 Å². The van der Waals surface area contributed by atoms with Gasteiger partial charge in [-0.1, -0.05) is 31.5 Å². The lowest BCUT2D eigenvalue weighted by Gasteiger charge is -2.12. The zero-order valence-electron chi connectivity index (χ0n) is 11.4. The van der Waals surface area contributed by atoms with Gasteiger partial charge in [0, 0.05) is 25.3 Å². The van der Waals surface area contributed by atoms with Crippen LogP contribution in [0.1, 0.15) is 25.3 Å². The number of amides is 1. The van der Waals surface area contributed by atoms with Crippen LogP contribution >= 0.6 is 0 Å². The number of hydrogen-bond donors (Lipinski definition) is 2. The van der Waals surface area contributed by atoms with Crippen LogP contribution in [0.25, 0.3) is 0 Å². The predicted molar refractivity (Wildman–Crippen MR) is 76.3 cm³/mol. The first-order valence-corrected chi connectivity index (χ1v) is 7.01. The summed E-state index contributed by atoms with van der Waals surface area (Å²) in [6.07, 6.45) is 2.97. The molecule has 4 nitrogen and oxygen atoms in total. The number of ether oxygens (including phenoxy) is 1. The third-order valence-corrected chi connectivity index (χ3v) is 3.28. The second-order valence-electron chi connectivity index (χ2n) is 4.82. The van der Waals surface area contributed by atoms with Gasteiger partial charge in [0.15, 0.2) is 0 Å². The van der Waals surface area contributed by atoms with E-state index in [0.29, 0.717) is 13.2 Å². The van der Waals surface area contributed by atoms with Gasteiger partial charge in [-0.05, 0) is 18.1 Å². The van der Waals surface area contributed by atoms with E-state index in [9.17, 15) is 4.79 Å². The second kappa shape index (κ2) is 7.14. The van der Waals surface area contributed by atoms with E-state index in [1.807, 2.05) is 18.2 Å². The molecule has 1 aromatic rings. The van der Waals surface area contributed by atoms with Gasteiger partial charge >= 0.3 is 0 Å². The number of para-hydroxylation sites is 1. The summed E-state index contributed by atoms with van der Waals surface area (Å²) in [5.41, 5.74) is 2.28. The summed E-state index contributed by atoms with van der Waals surface area (Å²) < 4.78 is 5.41. The van der Waals surface area contributed by atoms with Crippen molar-refractivity contribution in [1.29, 1.82) is 0 Å². The summed E-state index contributed by atoms with van der Waals surface area (Å²) in [4.78, 5) is 12.0. The molecule has 0 saturated carbocycles. The van der Waals surface area contributed by atoms with E-state index < -0.39 is 0 Å². The molecule has 104 valence electrons. The van der Waals surface area contributed by atoms with Gasteiger partial charge in [-0.3, -0.25) is 4.79 Å². The van der Waals surface area contributed by atoms with Gasteiger partial charge in [0.2, 0.25) is 5.91 Å². The fourth-order valence-electron chi connectivity index (χ4n) is 2.17. The fourth-order valence-corrected chi connectivity index (χ4v) is 2.17. The second-order valence-corrected chi connectivity index (χ2v) is 4.82. The minimum Gasteiger partial charge on any atom is -0.380 e. The zero-order chi connectivity index (χ0) is 13.5. The number of unbranched alkanes of at least 4 members (excludes halogenated alkanes) is 1. The number of carbonyl (C=O) groups is 1. The van der Waals surface area contributed by atoms with Crippen molar-refractivity contribution in [3.63, 3.8) is 0 Å². The lowest BCUT2D eigenvalue weighted by Crippen LogP contribution is -2.39. The molecule has 19 heavy (non-hydrogen) atoms. The molecular weight excluding hydrogens is 240 g/mol. The Bertz CT molecular complexity index is 395. The smallest absolute Gasteiger partial charge is 0.242 e. The first-order valence-electron chi connectivity index (χ1n) is 7.01. The molecule has 0 unspecified atom stereocenters. The number of anilines is 1. The van der Waals surface area contributed by atoms with Gasteiger partial charge in [0.05, 0.1) is 6.61 Å². The molecule has 0 fully saturated rings. The van der Waals surface area contributed by atoms with Crippen molar-refractivity contribution in [3.8, 4) is 0 Å². The molecule has 0 spiro atoms. The van der Waals surface area contributed by atoms with Crippen LogP contribution in [-0.4, -0.2) is 31.7 Å². The normalized spacial score (nSPS) is 16.8. The summed E-state index contributed by atoms with van der Waals surface area (Å²) in [6.45, 7) is 4.08. The molecule has 0 bridgehead atoms. The van der Waals surface area contributed by atoms with Gasteiger partial charge in [0.25, 0.3) is 0 Å². The van der Waals surface area contributed by atoms with E-state index >= 15 is 0 Å². The van der Waals surface area contributed by atoms with E-state index in [-0.39, 0.29) is 11.9 Å². The molecule has 0 saturated heterocycles. The third kappa shape index (κ3) is 3.96. The van der Waals surface area contributed by atoms with Crippen molar-refractivity contribution in [3.05, 3.63) is 29.8 Å². The van der Waals surface area contributed by atoms with Crippen molar-refractivity contribution in [2.75, 3.05) is 25.1 Å². The first-order chi connectivity index (χ1) is 9.31. The van der Waals surface area contributed by atoms with Crippen molar-refractivity contribution in [1.82, 2.24) is 5.32 Å². The van der Waals surface area contributed by atoms with Crippen LogP contribution in [0.15, 0.2) is 24.3 Å². The number of rotatable bonds is 7. The monoisotopic (exact) mass is 262 g/mol. The van der Waals surface area contributed by atoms with Gasteiger partial charge < -0.3 is 15.4 Å². The van der Waals surface area contributed by atoms with Crippen molar-refractivity contribution in [2.45, 2.75) is 32.2 Å². The van der Waals surface area contributed by atoms with E-state index in [1.54, 1.807) is 0 Å². The minimum absolute atomic E-state index is 0.0512. The topological polar surface area (TPSA) is 50.4 Å². The highest BCUT2D eigenvalue weighted by Gasteiger charge is 2.25. The lowest BCUT2D eigenvalue weighted by molar-refractivity contribution is -0.121. The van der Waals surface area contributed by atoms with E-state index in [2.05, 4.69) is 23.6 Å². The van der Waals surface area contributed by atoms with E-state index in [0.717, 1.165) is 31.6 Å². The Morgan fingerprint density at radius 2 is 2.26 bits per heavy atom. The van der Waals surface area contributed by atoms with Crippen LogP contribution in [0.3, 0.4) is 0 Å². The molecule has 1 aliphatic rings. The molecule has 1 amide bonds. The van der Waals surface area contributed by atoms with Crippen LogP contribution in [0.2, 0.25) is 0 Å². The molecule has 1 aromatic carbocycles. The molecule has 2 rings (SSSR count). The van der Waals surface area contributed by atoms with Gasteiger partial charge in [-0.25, -0.2) is 0 Å². The third-order valence-electron chi connectivity index (χ3n) is 3.28. The van der Waals surface area contributed by atoms with Crippen LogP contribution in [0, 0.1) is 0 Å². The molecule has 0 aliphatic carbocycles. The summed E-state index contributed by atoms with van der Waals surface area (Å²) in [6, 6.07) is 7.91. The summed E-state index contributed by atoms with van der Waals surface area (Å²) in [5.74, 6) is 0.0512. The maximum absolute atomic E-state index is 12.0. The summed E-state index contributed by atoms with van der Waals surface area (Å²) >= 11 is 0. The molecule has 1 atom stereocenters. The average Bonchev–Trinajstić information content (AvgIpc) is 2.86. The molecule has 1 aliphatic heterocycles. The van der Waals surface area contributed by atoms with Crippen molar-refractivity contribution in [2.24, 2.45) is 0 Å². The Balaban J connectivity index is 1.66. The number of hydrogen-bond acceptors (Lipinski definition) is 3. The van der Waals surface area contributed by atoms with Gasteiger partial charge in [0.1, 0.15) is 6.04 Å². The Morgan fingerprint density at radius 3 is 3.05 bits per heavy atom. The molecule has 1 heterocycles. The predicted octanol–water partition coefficient (Wildman–Crippen LogP) is 1.96. The first kappa shape index (κ1) is 13.9. The molecular formula is C15H22N2O2. The maximum atomic E-state index is 12.0. The largest absolute Gasteiger partial charge is 0.380 e. The van der Waals surface area contributed by atoms with Crippen LogP contribution < -0.4 is 10.6 Å². The summed E-state index contributed by atoms with van der Waals surface area (Å²) in [5, 5.41) is 6.15. The number of carbonyl (C=O) groups excluding carboxylic acids is 1. The zero-order valence-corrected chi connectivity index (χ0v) is 11.4.